The van der Waals surface area contributed by atoms with Crippen LogP contribution in [0.2, 0.25) is 5.02 Å². The van der Waals surface area contributed by atoms with Crippen molar-refractivity contribution in [1.82, 2.24) is 4.98 Å². The van der Waals surface area contributed by atoms with Gasteiger partial charge in [-0.1, -0.05) is 11.6 Å². The van der Waals surface area contributed by atoms with Gasteiger partial charge in [0.2, 0.25) is 5.95 Å². The maximum absolute atomic E-state index is 12.7. The molecule has 0 N–H and O–H groups in total. The molecule has 0 saturated heterocycles. The minimum Gasteiger partial charge on any atom is -0.217 e. The van der Waals surface area contributed by atoms with Crippen molar-refractivity contribution in [2.45, 2.75) is 12.8 Å². The molecule has 6 heteroatoms. The topological polar surface area (TPSA) is 36.7 Å². The Morgan fingerprint density at radius 1 is 1.57 bits per heavy atom. The normalized spacial score (nSPS) is 10.3. The molecule has 1 rings (SSSR count). The first-order valence-corrected chi connectivity index (χ1v) is 3.94. The van der Waals surface area contributed by atoms with Gasteiger partial charge in [-0.3, -0.25) is 0 Å². The highest BCUT2D eigenvalue weighted by atomic mass is 35.5. The highest BCUT2D eigenvalue weighted by molar-refractivity contribution is 6.32. The molecule has 0 aliphatic rings. The first-order chi connectivity index (χ1) is 6.56. The average Bonchev–Trinajstić information content (AvgIpc) is 2.10. The molecule has 0 bridgehead atoms. The maximum Gasteiger partial charge on any atom is 0.281 e. The highest BCUT2D eigenvalue weighted by Crippen LogP contribution is 2.28. The van der Waals surface area contributed by atoms with Crippen LogP contribution in [0.25, 0.3) is 0 Å². The van der Waals surface area contributed by atoms with Gasteiger partial charge in [0.1, 0.15) is 5.69 Å². The zero-order valence-electron chi connectivity index (χ0n) is 6.77. The number of pyridine rings is 1. The van der Waals surface area contributed by atoms with E-state index in [-0.39, 0.29) is 17.0 Å². The zero-order valence-corrected chi connectivity index (χ0v) is 7.52. The number of aromatic nitrogens is 1. The van der Waals surface area contributed by atoms with Crippen LogP contribution in [0.15, 0.2) is 6.07 Å². The Kier molecular flexibility index (Phi) is 3.31. The Bertz CT molecular complexity index is 387. The Labute approximate surface area is 82.9 Å². The summed E-state index contributed by atoms with van der Waals surface area (Å²) in [5.74, 6) is -1.06. The third kappa shape index (κ3) is 2.15. The quantitative estimate of drug-likeness (QED) is 0.719. The lowest BCUT2D eigenvalue weighted by molar-refractivity contribution is 0.145. The van der Waals surface area contributed by atoms with Crippen LogP contribution in [0.5, 0.6) is 0 Å². The predicted octanol–water partition coefficient (Wildman–Crippen LogP) is 2.88. The molecule has 0 amide bonds. The molecule has 0 radical (unpaired) electrons. The molecule has 0 aliphatic carbocycles. The van der Waals surface area contributed by atoms with Crippen molar-refractivity contribution in [3.05, 3.63) is 28.3 Å². The van der Waals surface area contributed by atoms with Gasteiger partial charge in [-0.25, -0.2) is 13.8 Å². The lowest BCUT2D eigenvalue weighted by atomic mass is 10.2. The molecule has 0 unspecified atom stereocenters. The van der Waals surface area contributed by atoms with Crippen molar-refractivity contribution in [3.63, 3.8) is 0 Å². The first-order valence-electron chi connectivity index (χ1n) is 3.56. The average molecular weight is 221 g/mol. The monoisotopic (exact) mass is 220 g/mol. The Morgan fingerprint density at radius 2 is 2.21 bits per heavy atom. The number of nitrogens with zero attached hydrogens (tertiary/aromatic N) is 2. The number of halogens is 4. The van der Waals surface area contributed by atoms with Crippen LogP contribution in [0.3, 0.4) is 0 Å². The summed E-state index contributed by atoms with van der Waals surface area (Å²) in [5, 5.41) is 7.98. The van der Waals surface area contributed by atoms with Crippen LogP contribution in [0.4, 0.5) is 13.2 Å². The fourth-order valence-corrected chi connectivity index (χ4v) is 1.17. The molecule has 0 aliphatic heterocycles. The molecular weight excluding hydrogens is 217 g/mol. The lowest BCUT2D eigenvalue weighted by Gasteiger charge is -2.05. The molecule has 1 heterocycles. The van der Waals surface area contributed by atoms with E-state index in [0.717, 1.165) is 6.07 Å². The molecule has 0 fully saturated rings. The van der Waals surface area contributed by atoms with Gasteiger partial charge in [0.25, 0.3) is 6.43 Å². The second kappa shape index (κ2) is 4.29. The highest BCUT2D eigenvalue weighted by Gasteiger charge is 2.18. The molecule has 1 aromatic heterocycles. The van der Waals surface area contributed by atoms with Crippen LogP contribution in [-0.2, 0) is 6.42 Å². The van der Waals surface area contributed by atoms with Crippen molar-refractivity contribution in [2.24, 2.45) is 0 Å². The smallest absolute Gasteiger partial charge is 0.217 e. The number of alkyl halides is 2. The van der Waals surface area contributed by atoms with Gasteiger partial charge < -0.3 is 0 Å². The van der Waals surface area contributed by atoms with Crippen molar-refractivity contribution in [2.75, 3.05) is 0 Å². The molecule has 2 nitrogen and oxygen atoms in total. The summed E-state index contributed by atoms with van der Waals surface area (Å²) in [5.41, 5.74) is -0.797. The molecule has 0 aromatic carbocycles. The summed E-state index contributed by atoms with van der Waals surface area (Å²) in [6.45, 7) is 0. The van der Waals surface area contributed by atoms with E-state index in [9.17, 15) is 13.2 Å². The second-order valence-electron chi connectivity index (χ2n) is 2.44. The third-order valence-corrected chi connectivity index (χ3v) is 1.94. The van der Waals surface area contributed by atoms with Gasteiger partial charge in [0.05, 0.1) is 17.5 Å². The minimum atomic E-state index is -2.95. The summed E-state index contributed by atoms with van der Waals surface area (Å²) in [7, 11) is 0. The molecule has 1 aromatic rings. The fourth-order valence-electron chi connectivity index (χ4n) is 0.926. The Hall–Kier alpha value is -1.28. The van der Waals surface area contributed by atoms with Gasteiger partial charge >= 0.3 is 0 Å². The third-order valence-electron chi connectivity index (χ3n) is 1.50. The van der Waals surface area contributed by atoms with Crippen LogP contribution in [0, 0.1) is 17.3 Å². The van der Waals surface area contributed by atoms with Crippen LogP contribution in [0.1, 0.15) is 17.7 Å². The number of hydrogen-bond donors (Lipinski definition) is 0. The van der Waals surface area contributed by atoms with Gasteiger partial charge in [-0.2, -0.15) is 9.65 Å². The Balaban J connectivity index is 3.26. The fraction of sp³-hybridized carbons (Fsp3) is 0.250. The van der Waals surface area contributed by atoms with Gasteiger partial charge in [-0.15, -0.1) is 0 Å². The lowest BCUT2D eigenvalue weighted by Crippen LogP contribution is -1.99. The Morgan fingerprint density at radius 3 is 2.71 bits per heavy atom. The molecule has 74 valence electrons. The first kappa shape index (κ1) is 10.8. The number of rotatable bonds is 2. The molecule has 0 spiro atoms. The van der Waals surface area contributed by atoms with E-state index in [2.05, 4.69) is 4.98 Å². The van der Waals surface area contributed by atoms with Crippen LogP contribution < -0.4 is 0 Å². The molecule has 0 atom stereocenters. The second-order valence-corrected chi connectivity index (χ2v) is 2.82. The standard InChI is InChI=1S/C8H4ClF3N2/c9-6-4(1-2-13)3-5(10)14-7(6)8(11)12/h3,8H,1H2. The predicted molar refractivity (Wildman–Crippen MR) is 43.5 cm³/mol. The van der Waals surface area contributed by atoms with E-state index in [1.165, 1.54) is 0 Å². The number of nitriles is 1. The van der Waals surface area contributed by atoms with E-state index in [1.807, 2.05) is 0 Å². The van der Waals surface area contributed by atoms with E-state index in [1.54, 1.807) is 6.07 Å². The van der Waals surface area contributed by atoms with Gasteiger partial charge in [-0.05, 0) is 11.6 Å². The van der Waals surface area contributed by atoms with Gasteiger partial charge in [0, 0.05) is 0 Å². The summed E-state index contributed by atoms with van der Waals surface area (Å²) < 4.78 is 37.1. The van der Waals surface area contributed by atoms with Crippen LogP contribution >= 0.6 is 11.6 Å². The van der Waals surface area contributed by atoms with E-state index < -0.39 is 18.1 Å². The summed E-state index contributed by atoms with van der Waals surface area (Å²) in [6.07, 6.45) is -3.17. The number of hydrogen-bond acceptors (Lipinski definition) is 2. The van der Waals surface area contributed by atoms with E-state index in [4.69, 9.17) is 16.9 Å². The zero-order chi connectivity index (χ0) is 10.7. The summed E-state index contributed by atoms with van der Waals surface area (Å²) in [6, 6.07) is 2.57. The van der Waals surface area contributed by atoms with Crippen molar-refractivity contribution in [1.29, 1.82) is 5.26 Å². The molecule has 0 saturated carbocycles. The SMILES string of the molecule is N#CCc1cc(F)nc(C(F)F)c1Cl. The van der Waals surface area contributed by atoms with Crippen LogP contribution in [-0.4, -0.2) is 4.98 Å². The summed E-state index contributed by atoms with van der Waals surface area (Å²) >= 11 is 5.49. The minimum absolute atomic E-state index is 0.0250. The van der Waals surface area contributed by atoms with Gasteiger partial charge in [0.15, 0.2) is 0 Å². The van der Waals surface area contributed by atoms with E-state index >= 15 is 0 Å². The van der Waals surface area contributed by atoms with E-state index in [0.29, 0.717) is 0 Å². The van der Waals surface area contributed by atoms with Crippen molar-refractivity contribution < 1.29 is 13.2 Å². The van der Waals surface area contributed by atoms with Crippen molar-refractivity contribution in [3.8, 4) is 6.07 Å². The maximum atomic E-state index is 12.7. The van der Waals surface area contributed by atoms with Crippen molar-refractivity contribution >= 4 is 11.6 Å². The summed E-state index contributed by atoms with van der Waals surface area (Å²) in [4.78, 5) is 2.96. The largest absolute Gasteiger partial charge is 0.281 e. The molecule has 14 heavy (non-hydrogen) atoms. The molecular formula is C8H4ClF3N2.